The van der Waals surface area contributed by atoms with Gasteiger partial charge in [-0.2, -0.15) is 5.10 Å². The van der Waals surface area contributed by atoms with Gasteiger partial charge >= 0.3 is 6.09 Å². The van der Waals surface area contributed by atoms with E-state index in [0.717, 1.165) is 30.8 Å². The maximum Gasteiger partial charge on any atom is 0.409 e. The molecule has 2 saturated heterocycles. The Labute approximate surface area is 201 Å². The van der Waals surface area contributed by atoms with E-state index in [2.05, 4.69) is 71.3 Å². The average Bonchev–Trinajstić information content (AvgIpc) is 3.52. The maximum atomic E-state index is 12.0. The number of hydrogen-bond donors (Lipinski definition) is 0. The van der Waals surface area contributed by atoms with Gasteiger partial charge in [0.15, 0.2) is 0 Å². The number of carbonyl (C=O) groups excluding carboxylic acids is 1. The van der Waals surface area contributed by atoms with E-state index >= 15 is 0 Å². The number of anilines is 1. The number of piperazine rings is 1. The standard InChI is InChI=1S/C27H35N5O2/c1-4-34-27(33)30-15-13-29(14-16-30)25-9-11-28-32-19-24(17-26(25)32)22-7-5-21(6-8-22)23-10-12-31(18-23)20(2)3/h5-9,11,17,19-20,23H,4,10,12-16,18H2,1-3H3. The first-order valence-electron chi connectivity index (χ1n) is 12.5. The number of nitrogens with zero attached hydrogens (tertiary/aromatic N) is 5. The van der Waals surface area contributed by atoms with Crippen LogP contribution in [-0.4, -0.2) is 77.4 Å². The highest BCUT2D eigenvalue weighted by Crippen LogP contribution is 2.32. The van der Waals surface area contributed by atoms with Gasteiger partial charge in [0.25, 0.3) is 0 Å². The van der Waals surface area contributed by atoms with Crippen LogP contribution in [0.4, 0.5) is 10.5 Å². The summed E-state index contributed by atoms with van der Waals surface area (Å²) in [5, 5.41) is 4.56. The van der Waals surface area contributed by atoms with E-state index in [0.29, 0.717) is 31.7 Å². The lowest BCUT2D eigenvalue weighted by atomic mass is 9.96. The lowest BCUT2D eigenvalue weighted by molar-refractivity contribution is 0.105. The van der Waals surface area contributed by atoms with Crippen molar-refractivity contribution >= 4 is 17.3 Å². The second-order valence-corrected chi connectivity index (χ2v) is 9.64. The van der Waals surface area contributed by atoms with Crippen molar-refractivity contribution in [2.24, 2.45) is 0 Å². The zero-order valence-electron chi connectivity index (χ0n) is 20.5. The molecule has 0 radical (unpaired) electrons. The van der Waals surface area contributed by atoms with Crippen molar-refractivity contribution in [2.75, 3.05) is 50.8 Å². The molecule has 7 heteroatoms. The normalized spacial score (nSPS) is 19.4. The van der Waals surface area contributed by atoms with Crippen LogP contribution in [0.2, 0.25) is 0 Å². The van der Waals surface area contributed by atoms with Crippen molar-refractivity contribution in [3.63, 3.8) is 0 Å². The Morgan fingerprint density at radius 3 is 2.50 bits per heavy atom. The number of amides is 1. The van der Waals surface area contributed by atoms with Crippen molar-refractivity contribution in [3.05, 3.63) is 54.4 Å². The van der Waals surface area contributed by atoms with E-state index in [1.165, 1.54) is 29.7 Å². The minimum absolute atomic E-state index is 0.218. The summed E-state index contributed by atoms with van der Waals surface area (Å²) in [7, 11) is 0. The van der Waals surface area contributed by atoms with Gasteiger partial charge < -0.3 is 19.4 Å². The monoisotopic (exact) mass is 461 g/mol. The molecule has 3 aromatic rings. The molecule has 2 fully saturated rings. The lowest BCUT2D eigenvalue weighted by Gasteiger charge is -2.35. The first-order chi connectivity index (χ1) is 16.5. The number of likely N-dealkylation sites (tertiary alicyclic amines) is 1. The molecule has 0 bridgehead atoms. The zero-order valence-corrected chi connectivity index (χ0v) is 20.5. The minimum Gasteiger partial charge on any atom is -0.450 e. The van der Waals surface area contributed by atoms with Gasteiger partial charge in [0.1, 0.15) is 0 Å². The predicted molar refractivity (Wildman–Crippen MR) is 136 cm³/mol. The molecule has 34 heavy (non-hydrogen) atoms. The SMILES string of the molecule is CCOC(=O)N1CCN(c2ccnn3cc(-c4ccc(C5CCN(C(C)C)C5)cc4)cc23)CC1. The topological polar surface area (TPSA) is 53.3 Å². The van der Waals surface area contributed by atoms with E-state index in [-0.39, 0.29) is 6.09 Å². The summed E-state index contributed by atoms with van der Waals surface area (Å²) < 4.78 is 7.12. The van der Waals surface area contributed by atoms with Gasteiger partial charge in [-0.25, -0.2) is 9.31 Å². The Bertz CT molecular complexity index is 1130. The lowest BCUT2D eigenvalue weighted by Crippen LogP contribution is -2.49. The molecule has 0 aliphatic carbocycles. The summed E-state index contributed by atoms with van der Waals surface area (Å²) >= 11 is 0. The van der Waals surface area contributed by atoms with Crippen LogP contribution in [-0.2, 0) is 4.74 Å². The Kier molecular flexibility index (Phi) is 6.46. The highest BCUT2D eigenvalue weighted by molar-refractivity contribution is 5.80. The van der Waals surface area contributed by atoms with Crippen LogP contribution in [0.15, 0.2) is 48.8 Å². The fourth-order valence-corrected chi connectivity index (χ4v) is 5.25. The number of fused-ring (bicyclic) bond motifs is 1. The maximum absolute atomic E-state index is 12.0. The molecule has 0 saturated carbocycles. The molecular formula is C27H35N5O2. The van der Waals surface area contributed by atoms with E-state index in [1.54, 1.807) is 4.90 Å². The van der Waals surface area contributed by atoms with E-state index in [1.807, 2.05) is 17.6 Å². The molecule has 2 aliphatic rings. The van der Waals surface area contributed by atoms with Crippen LogP contribution in [0.3, 0.4) is 0 Å². The number of carbonyl (C=O) groups is 1. The van der Waals surface area contributed by atoms with Crippen molar-refractivity contribution in [1.29, 1.82) is 0 Å². The van der Waals surface area contributed by atoms with Gasteiger partial charge in [-0.15, -0.1) is 0 Å². The summed E-state index contributed by atoms with van der Waals surface area (Å²) in [4.78, 5) is 18.7. The van der Waals surface area contributed by atoms with E-state index in [9.17, 15) is 4.79 Å². The van der Waals surface area contributed by atoms with Gasteiger partial charge in [0, 0.05) is 56.7 Å². The second kappa shape index (κ2) is 9.66. The van der Waals surface area contributed by atoms with Crippen LogP contribution in [0.25, 0.3) is 16.6 Å². The number of benzene rings is 1. The van der Waals surface area contributed by atoms with Crippen LogP contribution in [0, 0.1) is 0 Å². The van der Waals surface area contributed by atoms with Gasteiger partial charge in [0.2, 0.25) is 0 Å². The van der Waals surface area contributed by atoms with Crippen LogP contribution < -0.4 is 4.90 Å². The molecule has 5 rings (SSSR count). The van der Waals surface area contributed by atoms with Gasteiger partial charge in [-0.05, 0) is 62.9 Å². The summed E-state index contributed by atoms with van der Waals surface area (Å²) in [6, 6.07) is 14.0. The number of ether oxygens (including phenoxy) is 1. The number of aromatic nitrogens is 2. The van der Waals surface area contributed by atoms with Crippen LogP contribution in [0.5, 0.6) is 0 Å². The highest BCUT2D eigenvalue weighted by Gasteiger charge is 2.26. The third kappa shape index (κ3) is 4.49. The zero-order chi connectivity index (χ0) is 23.7. The molecule has 4 heterocycles. The first-order valence-corrected chi connectivity index (χ1v) is 12.5. The minimum atomic E-state index is -0.218. The molecule has 180 valence electrons. The molecule has 2 aromatic heterocycles. The highest BCUT2D eigenvalue weighted by atomic mass is 16.6. The Morgan fingerprint density at radius 2 is 1.82 bits per heavy atom. The summed E-state index contributed by atoms with van der Waals surface area (Å²) in [6.07, 6.45) is 4.99. The summed E-state index contributed by atoms with van der Waals surface area (Å²) in [5.74, 6) is 0.631. The number of rotatable bonds is 5. The van der Waals surface area contributed by atoms with Crippen LogP contribution >= 0.6 is 0 Å². The van der Waals surface area contributed by atoms with Crippen molar-refractivity contribution < 1.29 is 9.53 Å². The largest absolute Gasteiger partial charge is 0.450 e. The third-order valence-electron chi connectivity index (χ3n) is 7.30. The number of hydrogen-bond acceptors (Lipinski definition) is 5. The Morgan fingerprint density at radius 1 is 1.06 bits per heavy atom. The van der Waals surface area contributed by atoms with Crippen molar-refractivity contribution in [1.82, 2.24) is 19.4 Å². The molecular weight excluding hydrogens is 426 g/mol. The molecule has 1 unspecified atom stereocenters. The van der Waals surface area contributed by atoms with Crippen molar-refractivity contribution in [2.45, 2.75) is 39.2 Å². The first kappa shape index (κ1) is 22.7. The molecule has 0 N–H and O–H groups in total. The van der Waals surface area contributed by atoms with Gasteiger partial charge in [0.05, 0.1) is 17.8 Å². The van der Waals surface area contributed by atoms with Crippen LogP contribution in [0.1, 0.15) is 38.7 Å². The predicted octanol–water partition coefficient (Wildman–Crippen LogP) is 4.48. The molecule has 7 nitrogen and oxygen atoms in total. The van der Waals surface area contributed by atoms with Gasteiger partial charge in [-0.1, -0.05) is 24.3 Å². The fraction of sp³-hybridized carbons (Fsp3) is 0.481. The van der Waals surface area contributed by atoms with Gasteiger partial charge in [-0.3, -0.25) is 0 Å². The quantitative estimate of drug-likeness (QED) is 0.561. The summed E-state index contributed by atoms with van der Waals surface area (Å²) in [6.45, 7) is 12.1. The molecule has 1 atom stereocenters. The molecule has 1 amide bonds. The average molecular weight is 462 g/mol. The second-order valence-electron chi connectivity index (χ2n) is 9.64. The Balaban J connectivity index is 1.32. The molecule has 1 aromatic carbocycles. The van der Waals surface area contributed by atoms with Crippen molar-refractivity contribution in [3.8, 4) is 11.1 Å². The van der Waals surface area contributed by atoms with E-state index in [4.69, 9.17) is 4.74 Å². The third-order valence-corrected chi connectivity index (χ3v) is 7.30. The molecule has 2 aliphatic heterocycles. The summed E-state index contributed by atoms with van der Waals surface area (Å²) in [5.41, 5.74) is 6.07. The fourth-order valence-electron chi connectivity index (χ4n) is 5.25. The smallest absolute Gasteiger partial charge is 0.409 e. The Hall–Kier alpha value is -3.06. The van der Waals surface area contributed by atoms with E-state index < -0.39 is 0 Å². The molecule has 0 spiro atoms.